The van der Waals surface area contributed by atoms with E-state index < -0.39 is 40.0 Å². The van der Waals surface area contributed by atoms with Gasteiger partial charge < -0.3 is 15.5 Å². The summed E-state index contributed by atoms with van der Waals surface area (Å²) < 4.78 is 32.5. The molecule has 3 unspecified atom stereocenters. The lowest BCUT2D eigenvalue weighted by atomic mass is 10.0. The van der Waals surface area contributed by atoms with E-state index in [9.17, 15) is 28.0 Å². The van der Waals surface area contributed by atoms with Gasteiger partial charge in [0.1, 0.15) is 6.10 Å². The van der Waals surface area contributed by atoms with E-state index in [1.807, 2.05) is 0 Å². The fourth-order valence-electron chi connectivity index (χ4n) is 6.04. The van der Waals surface area contributed by atoms with Gasteiger partial charge in [-0.15, -0.1) is 0 Å². The van der Waals surface area contributed by atoms with E-state index in [4.69, 9.17) is 0 Å². The maximum absolute atomic E-state index is 12.6. The van der Waals surface area contributed by atoms with Crippen LogP contribution in [0.5, 0.6) is 0 Å². The van der Waals surface area contributed by atoms with Crippen LogP contribution in [0.1, 0.15) is 200 Å². The molecule has 0 heterocycles. The third-order valence-electron chi connectivity index (χ3n) is 9.08. The first-order chi connectivity index (χ1) is 22.2. The fraction of sp³-hybridized carbons (Fsp3) is 0.921. The average molecular weight is 674 g/mol. The Bertz CT molecular complexity index is 803. The Morgan fingerprint density at radius 1 is 0.565 bits per heavy atom. The summed E-state index contributed by atoms with van der Waals surface area (Å²) >= 11 is 0. The second-order valence-corrected chi connectivity index (χ2v) is 15.2. The molecular formula is C38H75NO6S. The number of carbonyl (C=O) groups is 1. The largest absolute Gasteiger partial charge is 0.391 e. The van der Waals surface area contributed by atoms with E-state index in [1.165, 1.54) is 116 Å². The van der Waals surface area contributed by atoms with Gasteiger partial charge >= 0.3 is 0 Å². The second kappa shape index (κ2) is 32.6. The highest BCUT2D eigenvalue weighted by Gasteiger charge is 2.28. The molecule has 274 valence electrons. The predicted octanol–water partition coefficient (Wildman–Crippen LogP) is 9.99. The van der Waals surface area contributed by atoms with Crippen LogP contribution in [-0.4, -0.2) is 53.1 Å². The summed E-state index contributed by atoms with van der Waals surface area (Å²) in [6.07, 6.45) is 35.1. The van der Waals surface area contributed by atoms with Gasteiger partial charge in [-0.2, -0.15) is 8.42 Å². The van der Waals surface area contributed by atoms with Crippen LogP contribution in [0.25, 0.3) is 0 Å². The zero-order valence-corrected chi connectivity index (χ0v) is 30.9. The van der Waals surface area contributed by atoms with Crippen molar-refractivity contribution in [3.05, 3.63) is 12.2 Å². The van der Waals surface area contributed by atoms with Crippen molar-refractivity contribution in [2.24, 2.45) is 0 Å². The maximum atomic E-state index is 12.6. The number of nitrogens with one attached hydrogen (secondary N) is 1. The van der Waals surface area contributed by atoms with Crippen LogP contribution in [0.15, 0.2) is 12.2 Å². The summed E-state index contributed by atoms with van der Waals surface area (Å²) in [5.74, 6) is -1.45. The minimum absolute atomic E-state index is 0.292. The highest BCUT2D eigenvalue weighted by molar-refractivity contribution is 7.85. The summed E-state index contributed by atoms with van der Waals surface area (Å²) in [5, 5.41) is 23.5. The highest BCUT2D eigenvalue weighted by Crippen LogP contribution is 2.16. The van der Waals surface area contributed by atoms with Crippen LogP contribution in [0.2, 0.25) is 0 Å². The van der Waals surface area contributed by atoms with Gasteiger partial charge in [0.25, 0.3) is 10.1 Å². The zero-order valence-electron chi connectivity index (χ0n) is 30.1. The number of aliphatic hydroxyl groups excluding tert-OH is 2. The molecule has 7 nitrogen and oxygen atoms in total. The molecule has 0 radical (unpaired) electrons. The van der Waals surface area contributed by atoms with Crippen LogP contribution in [0.4, 0.5) is 0 Å². The molecule has 0 bridgehead atoms. The first kappa shape index (κ1) is 45.0. The van der Waals surface area contributed by atoms with Gasteiger partial charge in [0.2, 0.25) is 5.91 Å². The molecule has 3 atom stereocenters. The third kappa shape index (κ3) is 31.6. The number of allylic oxidation sites excluding steroid dienone is 2. The lowest BCUT2D eigenvalue weighted by Gasteiger charge is -2.24. The summed E-state index contributed by atoms with van der Waals surface area (Å²) in [6.45, 7) is 4.48. The first-order valence-corrected chi connectivity index (χ1v) is 21.1. The highest BCUT2D eigenvalue weighted by atomic mass is 32.2. The molecule has 8 heteroatoms. The first-order valence-electron chi connectivity index (χ1n) is 19.5. The van der Waals surface area contributed by atoms with Crippen LogP contribution in [0, 0.1) is 0 Å². The minimum atomic E-state index is -4.40. The van der Waals surface area contributed by atoms with E-state index in [2.05, 4.69) is 31.3 Å². The smallest absolute Gasteiger partial charge is 0.266 e. The Balaban J connectivity index is 4.02. The van der Waals surface area contributed by atoms with E-state index in [0.29, 0.717) is 19.3 Å². The fourth-order valence-corrected chi connectivity index (χ4v) is 6.80. The molecule has 0 fully saturated rings. The van der Waals surface area contributed by atoms with Crippen LogP contribution < -0.4 is 5.32 Å². The van der Waals surface area contributed by atoms with Crippen molar-refractivity contribution in [2.45, 2.75) is 218 Å². The number of unbranched alkanes of at least 4 members (excludes halogenated alkanes) is 24. The van der Waals surface area contributed by atoms with E-state index >= 15 is 0 Å². The lowest BCUT2D eigenvalue weighted by molar-refractivity contribution is -0.131. The number of hydrogen-bond acceptors (Lipinski definition) is 5. The maximum Gasteiger partial charge on any atom is 0.266 e. The van der Waals surface area contributed by atoms with Crippen molar-refractivity contribution in [1.82, 2.24) is 5.32 Å². The van der Waals surface area contributed by atoms with Gasteiger partial charge in [-0.1, -0.05) is 174 Å². The van der Waals surface area contributed by atoms with Crippen molar-refractivity contribution in [2.75, 3.05) is 5.75 Å². The lowest BCUT2D eigenvalue weighted by Crippen LogP contribution is -2.50. The van der Waals surface area contributed by atoms with Gasteiger partial charge in [-0.3, -0.25) is 9.35 Å². The molecule has 0 aromatic heterocycles. The summed E-state index contributed by atoms with van der Waals surface area (Å²) in [6, 6.07) is -1.14. The second-order valence-electron chi connectivity index (χ2n) is 13.7. The molecule has 0 aromatic rings. The topological polar surface area (TPSA) is 124 Å². The van der Waals surface area contributed by atoms with Crippen LogP contribution in [-0.2, 0) is 14.9 Å². The summed E-state index contributed by atoms with van der Waals surface area (Å²) in [7, 11) is -4.40. The van der Waals surface area contributed by atoms with Crippen molar-refractivity contribution in [3.63, 3.8) is 0 Å². The molecule has 0 aliphatic heterocycles. The number of aliphatic hydroxyl groups is 2. The Labute approximate surface area is 284 Å². The number of rotatable bonds is 35. The number of amides is 1. The van der Waals surface area contributed by atoms with E-state index in [1.54, 1.807) is 0 Å². The number of hydrogen-bond donors (Lipinski definition) is 4. The van der Waals surface area contributed by atoms with Crippen LogP contribution >= 0.6 is 0 Å². The van der Waals surface area contributed by atoms with Gasteiger partial charge in [0.05, 0.1) is 17.9 Å². The van der Waals surface area contributed by atoms with Crippen molar-refractivity contribution in [1.29, 1.82) is 0 Å². The standard InChI is InChI=1S/C38H75NO6S/c1-3-5-7-9-11-13-15-17-19-21-22-24-26-28-30-32-36(40)35(34-46(43,44)45)39-38(42)37(41)33-31-29-27-25-23-20-18-16-14-12-10-8-6-4-2/h14,16,35-37,40-41H,3-13,15,17-34H2,1-2H3,(H,39,42)(H,43,44,45)/b16-14-. The normalized spacial score (nSPS) is 14.1. The molecule has 0 saturated carbocycles. The average Bonchev–Trinajstić information content (AvgIpc) is 3.01. The molecule has 0 aliphatic carbocycles. The van der Waals surface area contributed by atoms with Gasteiger partial charge in [0.15, 0.2) is 0 Å². The molecule has 4 N–H and O–H groups in total. The molecule has 46 heavy (non-hydrogen) atoms. The van der Waals surface area contributed by atoms with Gasteiger partial charge in [0, 0.05) is 0 Å². The van der Waals surface area contributed by atoms with Crippen molar-refractivity contribution < 1.29 is 28.0 Å². The van der Waals surface area contributed by atoms with Crippen LogP contribution in [0.3, 0.4) is 0 Å². The summed E-state index contributed by atoms with van der Waals surface area (Å²) in [5.41, 5.74) is 0. The van der Waals surface area contributed by atoms with Gasteiger partial charge in [-0.05, 0) is 38.5 Å². The zero-order chi connectivity index (χ0) is 34.1. The predicted molar refractivity (Wildman–Crippen MR) is 195 cm³/mol. The molecule has 0 saturated heterocycles. The van der Waals surface area contributed by atoms with E-state index in [-0.39, 0.29) is 0 Å². The Morgan fingerprint density at radius 3 is 1.33 bits per heavy atom. The molecule has 0 rings (SSSR count). The third-order valence-corrected chi connectivity index (χ3v) is 9.86. The Hall–Kier alpha value is -0.960. The van der Waals surface area contributed by atoms with E-state index in [0.717, 1.165) is 51.4 Å². The number of carbonyl (C=O) groups excluding carboxylic acids is 1. The van der Waals surface area contributed by atoms with Gasteiger partial charge in [-0.25, -0.2) is 0 Å². The van der Waals surface area contributed by atoms with Crippen molar-refractivity contribution >= 4 is 16.0 Å². The monoisotopic (exact) mass is 674 g/mol. The molecule has 0 aromatic carbocycles. The van der Waals surface area contributed by atoms with Crippen molar-refractivity contribution in [3.8, 4) is 0 Å². The molecule has 0 aliphatic rings. The quantitative estimate of drug-likeness (QED) is 0.0302. The summed E-state index contributed by atoms with van der Waals surface area (Å²) in [4.78, 5) is 12.6. The molecular weight excluding hydrogens is 598 g/mol. The Kier molecular flexibility index (Phi) is 31.9. The molecule has 0 spiro atoms. The Morgan fingerprint density at radius 2 is 0.913 bits per heavy atom. The molecule has 1 amide bonds. The minimum Gasteiger partial charge on any atom is -0.391 e. The SMILES string of the molecule is CCCCCC/C=C\CCCCCCCCC(O)C(=O)NC(CS(=O)(=O)O)C(O)CCCCCCCCCCCCCCCCC.